The number of halogens is 1. The molecule has 1 aliphatic carbocycles. The van der Waals surface area contributed by atoms with Crippen LogP contribution in [0, 0.1) is 0 Å². The molecule has 0 unspecified atom stereocenters. The number of amides is 2. The molecule has 0 bridgehead atoms. The van der Waals surface area contributed by atoms with Gasteiger partial charge in [-0.05, 0) is 37.0 Å². The Balaban J connectivity index is 2.10. The maximum Gasteiger partial charge on any atom is 0.243 e. The van der Waals surface area contributed by atoms with Gasteiger partial charge in [0.25, 0.3) is 0 Å². The van der Waals surface area contributed by atoms with Crippen molar-refractivity contribution in [3.05, 3.63) is 34.9 Å². The summed E-state index contributed by atoms with van der Waals surface area (Å²) >= 11 is 5.94. The van der Waals surface area contributed by atoms with Crippen molar-refractivity contribution in [3.63, 3.8) is 0 Å². The number of benzene rings is 1. The first-order valence-corrected chi connectivity index (χ1v) is 9.77. The zero-order valence-electron chi connectivity index (χ0n) is 15.3. The fourth-order valence-corrected chi connectivity index (χ4v) is 3.58. The molecule has 1 aromatic rings. The van der Waals surface area contributed by atoms with Crippen molar-refractivity contribution < 1.29 is 9.59 Å². The van der Waals surface area contributed by atoms with Gasteiger partial charge in [0.05, 0.1) is 0 Å². The zero-order valence-corrected chi connectivity index (χ0v) is 16.0. The Morgan fingerprint density at radius 2 is 1.80 bits per heavy atom. The van der Waals surface area contributed by atoms with Crippen LogP contribution in [0.5, 0.6) is 0 Å². The molecule has 4 nitrogen and oxygen atoms in total. The van der Waals surface area contributed by atoms with Crippen molar-refractivity contribution in [1.82, 2.24) is 10.2 Å². The van der Waals surface area contributed by atoms with Crippen molar-refractivity contribution in [3.8, 4) is 0 Å². The fourth-order valence-electron chi connectivity index (χ4n) is 3.45. The smallest absolute Gasteiger partial charge is 0.243 e. The molecule has 138 valence electrons. The predicted octanol–water partition coefficient (Wildman–Crippen LogP) is 4.31. The molecule has 1 fully saturated rings. The third kappa shape index (κ3) is 5.74. The summed E-state index contributed by atoms with van der Waals surface area (Å²) in [5, 5.41) is 3.84. The SMILES string of the molecule is CCC(=O)N(Cc1ccc(Cl)cc1)[C@H](CC)C(=O)NC1CCCCC1. The molecule has 0 radical (unpaired) electrons. The quantitative estimate of drug-likeness (QED) is 0.783. The molecule has 2 amide bonds. The Labute approximate surface area is 155 Å². The van der Waals surface area contributed by atoms with Crippen LogP contribution < -0.4 is 5.32 Å². The summed E-state index contributed by atoms with van der Waals surface area (Å²) in [7, 11) is 0. The minimum absolute atomic E-state index is 0.000550. The van der Waals surface area contributed by atoms with E-state index in [1.807, 2.05) is 38.1 Å². The Morgan fingerprint density at radius 1 is 1.16 bits per heavy atom. The highest BCUT2D eigenvalue weighted by atomic mass is 35.5. The average molecular weight is 365 g/mol. The van der Waals surface area contributed by atoms with Gasteiger partial charge >= 0.3 is 0 Å². The lowest BCUT2D eigenvalue weighted by atomic mass is 9.95. The maximum absolute atomic E-state index is 12.8. The van der Waals surface area contributed by atoms with E-state index in [4.69, 9.17) is 11.6 Å². The van der Waals surface area contributed by atoms with Crippen LogP contribution in [0.4, 0.5) is 0 Å². The molecular formula is C20H29ClN2O2. The van der Waals surface area contributed by atoms with Crippen LogP contribution in [0.3, 0.4) is 0 Å². The number of rotatable bonds is 7. The number of carbonyl (C=O) groups excluding carboxylic acids is 2. The average Bonchev–Trinajstić information content (AvgIpc) is 2.63. The number of carbonyl (C=O) groups is 2. The van der Waals surface area contributed by atoms with Crippen molar-refractivity contribution >= 4 is 23.4 Å². The summed E-state index contributed by atoms with van der Waals surface area (Å²) in [5.74, 6) is -0.0224. The molecule has 0 spiro atoms. The molecule has 0 aromatic heterocycles. The molecule has 1 saturated carbocycles. The summed E-state index contributed by atoms with van der Waals surface area (Å²) < 4.78 is 0. The molecule has 0 saturated heterocycles. The Hall–Kier alpha value is -1.55. The predicted molar refractivity (Wildman–Crippen MR) is 101 cm³/mol. The second-order valence-electron chi connectivity index (χ2n) is 6.77. The number of nitrogens with zero attached hydrogens (tertiary/aromatic N) is 1. The van der Waals surface area contributed by atoms with Gasteiger partial charge in [0, 0.05) is 24.0 Å². The monoisotopic (exact) mass is 364 g/mol. The van der Waals surface area contributed by atoms with Crippen molar-refractivity contribution in [2.45, 2.75) is 77.4 Å². The maximum atomic E-state index is 12.8. The number of nitrogens with one attached hydrogen (secondary N) is 1. The van der Waals surface area contributed by atoms with Crippen LogP contribution in [0.15, 0.2) is 24.3 Å². The van der Waals surface area contributed by atoms with Crippen LogP contribution >= 0.6 is 11.6 Å². The van der Waals surface area contributed by atoms with Crippen LogP contribution in [-0.2, 0) is 16.1 Å². The van der Waals surface area contributed by atoms with E-state index < -0.39 is 6.04 Å². The molecule has 0 heterocycles. The van der Waals surface area contributed by atoms with Gasteiger partial charge in [-0.2, -0.15) is 0 Å². The third-order valence-corrected chi connectivity index (χ3v) is 5.16. The van der Waals surface area contributed by atoms with E-state index in [9.17, 15) is 9.59 Å². The summed E-state index contributed by atoms with van der Waals surface area (Å²) in [6, 6.07) is 7.27. The lowest BCUT2D eigenvalue weighted by molar-refractivity contribution is -0.141. The minimum Gasteiger partial charge on any atom is -0.352 e. The Morgan fingerprint density at radius 3 is 2.36 bits per heavy atom. The van der Waals surface area contributed by atoms with Crippen LogP contribution in [-0.4, -0.2) is 28.8 Å². The van der Waals surface area contributed by atoms with E-state index in [1.165, 1.54) is 19.3 Å². The lowest BCUT2D eigenvalue weighted by Crippen LogP contribution is -2.51. The first kappa shape index (κ1) is 19.8. The third-order valence-electron chi connectivity index (χ3n) is 4.91. The van der Waals surface area contributed by atoms with Gasteiger partial charge < -0.3 is 10.2 Å². The van der Waals surface area contributed by atoms with E-state index in [2.05, 4.69) is 5.32 Å². The first-order chi connectivity index (χ1) is 12.0. The van der Waals surface area contributed by atoms with Gasteiger partial charge in [-0.1, -0.05) is 56.8 Å². The molecule has 0 aliphatic heterocycles. The van der Waals surface area contributed by atoms with E-state index in [0.717, 1.165) is 18.4 Å². The van der Waals surface area contributed by atoms with Crippen molar-refractivity contribution in [2.75, 3.05) is 0 Å². The van der Waals surface area contributed by atoms with Gasteiger partial charge in [-0.25, -0.2) is 0 Å². The molecule has 1 atom stereocenters. The van der Waals surface area contributed by atoms with Crippen molar-refractivity contribution in [2.24, 2.45) is 0 Å². The van der Waals surface area contributed by atoms with Crippen LogP contribution in [0.2, 0.25) is 5.02 Å². The lowest BCUT2D eigenvalue weighted by Gasteiger charge is -2.32. The summed E-state index contributed by atoms with van der Waals surface area (Å²) in [6.07, 6.45) is 6.68. The van der Waals surface area contributed by atoms with Gasteiger partial charge in [-0.15, -0.1) is 0 Å². The highest BCUT2D eigenvalue weighted by Crippen LogP contribution is 2.19. The van der Waals surface area contributed by atoms with Crippen molar-refractivity contribution in [1.29, 1.82) is 0 Å². The Kier molecular flexibility index (Phi) is 7.76. The number of hydrogen-bond donors (Lipinski definition) is 1. The van der Waals surface area contributed by atoms with Crippen LogP contribution in [0.1, 0.15) is 64.4 Å². The summed E-state index contributed by atoms with van der Waals surface area (Å²) in [6.45, 7) is 4.23. The highest BCUT2D eigenvalue weighted by Gasteiger charge is 2.29. The molecule has 2 rings (SSSR count). The zero-order chi connectivity index (χ0) is 18.2. The van der Waals surface area contributed by atoms with E-state index in [0.29, 0.717) is 24.4 Å². The second-order valence-corrected chi connectivity index (χ2v) is 7.21. The minimum atomic E-state index is -0.426. The molecule has 25 heavy (non-hydrogen) atoms. The van der Waals surface area contributed by atoms with E-state index in [1.54, 1.807) is 4.90 Å². The highest BCUT2D eigenvalue weighted by molar-refractivity contribution is 6.30. The Bertz CT molecular complexity index is 568. The van der Waals surface area contributed by atoms with E-state index >= 15 is 0 Å². The molecular weight excluding hydrogens is 336 g/mol. The normalized spacial score (nSPS) is 16.3. The van der Waals surface area contributed by atoms with Crippen LogP contribution in [0.25, 0.3) is 0 Å². The summed E-state index contributed by atoms with van der Waals surface area (Å²) in [5.41, 5.74) is 0.982. The molecule has 5 heteroatoms. The molecule has 1 aromatic carbocycles. The molecule has 1 N–H and O–H groups in total. The summed E-state index contributed by atoms with van der Waals surface area (Å²) in [4.78, 5) is 27.0. The second kappa shape index (κ2) is 9.81. The van der Waals surface area contributed by atoms with Gasteiger partial charge in [0.2, 0.25) is 11.8 Å². The fraction of sp³-hybridized carbons (Fsp3) is 0.600. The largest absolute Gasteiger partial charge is 0.352 e. The van der Waals surface area contributed by atoms with Gasteiger partial charge in [-0.3, -0.25) is 9.59 Å². The topological polar surface area (TPSA) is 49.4 Å². The van der Waals surface area contributed by atoms with Gasteiger partial charge in [0.1, 0.15) is 6.04 Å². The van der Waals surface area contributed by atoms with E-state index in [-0.39, 0.29) is 17.9 Å². The van der Waals surface area contributed by atoms with Gasteiger partial charge in [0.15, 0.2) is 0 Å². The first-order valence-electron chi connectivity index (χ1n) is 9.39. The molecule has 1 aliphatic rings. The standard InChI is InChI=1S/C20H29ClN2O2/c1-3-18(20(25)22-17-8-6-5-7-9-17)23(19(24)4-2)14-15-10-12-16(21)13-11-15/h10-13,17-18H,3-9,14H2,1-2H3,(H,22,25)/t18-/m1/s1. The number of hydrogen-bond acceptors (Lipinski definition) is 2.